The number of sulfonamides is 1. The number of rotatable bonds is 4. The second-order valence-electron chi connectivity index (χ2n) is 6.26. The Balaban J connectivity index is 2.58. The van der Waals surface area contributed by atoms with Crippen molar-refractivity contribution in [1.29, 1.82) is 0 Å². The zero-order valence-corrected chi connectivity index (χ0v) is 13.8. The maximum absolute atomic E-state index is 12.5. The van der Waals surface area contributed by atoms with Crippen LogP contribution in [0.2, 0.25) is 0 Å². The number of hydrogen-bond donors (Lipinski definition) is 1. The van der Waals surface area contributed by atoms with Crippen LogP contribution in [0.25, 0.3) is 0 Å². The van der Waals surface area contributed by atoms with E-state index in [-0.39, 0.29) is 17.0 Å². The van der Waals surface area contributed by atoms with Crippen molar-refractivity contribution < 1.29 is 8.42 Å². The smallest absolute Gasteiger partial charge is 0.260 e. The number of nitrogens with one attached hydrogen (secondary N) is 1. The van der Waals surface area contributed by atoms with Crippen molar-refractivity contribution in [1.82, 2.24) is 14.3 Å². The van der Waals surface area contributed by atoms with Crippen LogP contribution in [0, 0.1) is 0 Å². The molecule has 1 N–H and O–H groups in total. The summed E-state index contributed by atoms with van der Waals surface area (Å²) in [7, 11) is -3.52. The van der Waals surface area contributed by atoms with Crippen LogP contribution in [0.4, 0.5) is 0 Å². The molecule has 2 heterocycles. The van der Waals surface area contributed by atoms with Gasteiger partial charge in [0.1, 0.15) is 5.82 Å². The van der Waals surface area contributed by atoms with Crippen LogP contribution in [0.1, 0.15) is 70.9 Å². The van der Waals surface area contributed by atoms with E-state index >= 15 is 0 Å². The van der Waals surface area contributed by atoms with E-state index in [0.717, 1.165) is 30.8 Å². The molecule has 0 saturated carbocycles. The maximum Gasteiger partial charge on any atom is 0.260 e. The molecule has 0 saturated heterocycles. The van der Waals surface area contributed by atoms with E-state index in [1.807, 2.05) is 13.8 Å². The molecule has 0 aromatic carbocycles. The zero-order valence-electron chi connectivity index (χ0n) is 13.0. The van der Waals surface area contributed by atoms with E-state index < -0.39 is 10.0 Å². The summed E-state index contributed by atoms with van der Waals surface area (Å²) in [5, 5.41) is 0.237. The van der Waals surface area contributed by atoms with Gasteiger partial charge in [-0.25, -0.2) is 18.1 Å². The molecule has 0 fully saturated rings. The standard InChI is InChI=1S/C14H25N3O2S/c1-9(2)13-15-14(20(18,19)16-10(3)4)12-8-6-7-11(5)17(12)13/h9-11,16H,6-8H2,1-5H3. The Morgan fingerprint density at radius 1 is 1.30 bits per heavy atom. The Morgan fingerprint density at radius 2 is 1.95 bits per heavy atom. The van der Waals surface area contributed by atoms with Gasteiger partial charge in [-0.15, -0.1) is 0 Å². The molecule has 0 bridgehead atoms. The number of hydrogen-bond acceptors (Lipinski definition) is 3. The molecule has 1 aromatic heterocycles. The molecule has 0 spiro atoms. The molecule has 0 aliphatic carbocycles. The first-order valence-electron chi connectivity index (χ1n) is 7.37. The summed E-state index contributed by atoms with van der Waals surface area (Å²) in [6.07, 6.45) is 2.90. The SMILES string of the molecule is CC(C)NS(=O)(=O)c1nc(C(C)C)n2c1CCCC2C. The summed E-state index contributed by atoms with van der Waals surface area (Å²) in [6, 6.07) is 0.201. The monoisotopic (exact) mass is 299 g/mol. The van der Waals surface area contributed by atoms with E-state index in [1.54, 1.807) is 0 Å². The van der Waals surface area contributed by atoms with Gasteiger partial charge in [-0.3, -0.25) is 0 Å². The van der Waals surface area contributed by atoms with Gasteiger partial charge in [0.25, 0.3) is 10.0 Å². The van der Waals surface area contributed by atoms with Gasteiger partial charge >= 0.3 is 0 Å². The molecule has 2 rings (SSSR count). The highest BCUT2D eigenvalue weighted by Gasteiger charge is 2.31. The van der Waals surface area contributed by atoms with Gasteiger partial charge < -0.3 is 4.57 Å². The van der Waals surface area contributed by atoms with Crippen molar-refractivity contribution in [3.63, 3.8) is 0 Å². The predicted octanol–water partition coefficient (Wildman–Crippen LogP) is 2.59. The van der Waals surface area contributed by atoms with E-state index in [0.29, 0.717) is 6.04 Å². The van der Waals surface area contributed by atoms with Gasteiger partial charge in [0.05, 0.1) is 5.69 Å². The van der Waals surface area contributed by atoms with Gasteiger partial charge in [-0.05, 0) is 40.0 Å². The fourth-order valence-electron chi connectivity index (χ4n) is 2.87. The van der Waals surface area contributed by atoms with Crippen LogP contribution in [0.5, 0.6) is 0 Å². The lowest BCUT2D eigenvalue weighted by atomic mass is 10.0. The van der Waals surface area contributed by atoms with Crippen molar-refractivity contribution >= 4 is 10.0 Å². The largest absolute Gasteiger partial charge is 0.328 e. The van der Waals surface area contributed by atoms with Crippen molar-refractivity contribution in [3.05, 3.63) is 11.5 Å². The molecule has 0 amide bonds. The summed E-state index contributed by atoms with van der Waals surface area (Å²) in [5.41, 5.74) is 0.876. The van der Waals surface area contributed by atoms with Crippen LogP contribution < -0.4 is 4.72 Å². The minimum atomic E-state index is -3.52. The van der Waals surface area contributed by atoms with Gasteiger partial charge in [-0.2, -0.15) is 0 Å². The highest BCUT2D eigenvalue weighted by atomic mass is 32.2. The van der Waals surface area contributed by atoms with Crippen LogP contribution in [-0.4, -0.2) is 24.0 Å². The highest BCUT2D eigenvalue weighted by molar-refractivity contribution is 7.89. The molecule has 20 heavy (non-hydrogen) atoms. The van der Waals surface area contributed by atoms with Crippen LogP contribution in [0.3, 0.4) is 0 Å². The summed E-state index contributed by atoms with van der Waals surface area (Å²) >= 11 is 0. The Morgan fingerprint density at radius 3 is 2.50 bits per heavy atom. The molecule has 1 atom stereocenters. The Bertz CT molecular complexity index is 588. The lowest BCUT2D eigenvalue weighted by Crippen LogP contribution is -2.31. The van der Waals surface area contributed by atoms with Crippen LogP contribution >= 0.6 is 0 Å². The molecule has 1 unspecified atom stereocenters. The molecule has 1 aliphatic heterocycles. The summed E-state index contributed by atoms with van der Waals surface area (Å²) in [4.78, 5) is 4.48. The van der Waals surface area contributed by atoms with Gasteiger partial charge in [-0.1, -0.05) is 13.8 Å². The second-order valence-corrected chi connectivity index (χ2v) is 7.89. The normalized spacial score (nSPS) is 19.6. The van der Waals surface area contributed by atoms with E-state index in [1.165, 1.54) is 0 Å². The summed E-state index contributed by atoms with van der Waals surface area (Å²) in [6.45, 7) is 9.91. The van der Waals surface area contributed by atoms with Crippen LogP contribution in [0.15, 0.2) is 5.03 Å². The first-order chi connectivity index (χ1) is 9.24. The van der Waals surface area contributed by atoms with E-state index in [9.17, 15) is 8.42 Å². The molecule has 6 heteroatoms. The zero-order chi connectivity index (χ0) is 15.1. The Kier molecular flexibility index (Phi) is 4.25. The minimum absolute atomic E-state index is 0.124. The van der Waals surface area contributed by atoms with E-state index in [2.05, 4.69) is 35.0 Å². The van der Waals surface area contributed by atoms with Crippen molar-refractivity contribution in [2.75, 3.05) is 0 Å². The highest BCUT2D eigenvalue weighted by Crippen LogP contribution is 2.33. The van der Waals surface area contributed by atoms with Crippen molar-refractivity contribution in [3.8, 4) is 0 Å². The molecular weight excluding hydrogens is 274 g/mol. The van der Waals surface area contributed by atoms with Gasteiger partial charge in [0, 0.05) is 18.0 Å². The Labute approximate surface area is 121 Å². The van der Waals surface area contributed by atoms with Crippen LogP contribution in [-0.2, 0) is 16.4 Å². The number of imidazole rings is 1. The van der Waals surface area contributed by atoms with Crippen molar-refractivity contribution in [2.45, 2.75) is 76.9 Å². The summed E-state index contributed by atoms with van der Waals surface area (Å²) in [5.74, 6) is 1.11. The Hall–Kier alpha value is -0.880. The van der Waals surface area contributed by atoms with E-state index in [4.69, 9.17) is 0 Å². The van der Waals surface area contributed by atoms with Gasteiger partial charge in [0.2, 0.25) is 0 Å². The molecule has 0 radical (unpaired) electrons. The molecule has 1 aliphatic rings. The maximum atomic E-state index is 12.5. The topological polar surface area (TPSA) is 64.0 Å². The van der Waals surface area contributed by atoms with Gasteiger partial charge in [0.15, 0.2) is 5.03 Å². The minimum Gasteiger partial charge on any atom is -0.328 e. The number of nitrogens with zero attached hydrogens (tertiary/aromatic N) is 2. The molecule has 1 aromatic rings. The quantitative estimate of drug-likeness (QED) is 0.929. The van der Waals surface area contributed by atoms with Crippen molar-refractivity contribution in [2.24, 2.45) is 0 Å². The summed E-state index contributed by atoms with van der Waals surface area (Å²) < 4.78 is 29.7. The average Bonchev–Trinajstić information content (AvgIpc) is 2.68. The lowest BCUT2D eigenvalue weighted by molar-refractivity contribution is 0.410. The third-order valence-electron chi connectivity index (χ3n) is 3.64. The average molecular weight is 299 g/mol. The fraction of sp³-hybridized carbons (Fsp3) is 0.786. The molecule has 5 nitrogen and oxygen atoms in total. The third kappa shape index (κ3) is 2.76. The fourth-order valence-corrected chi connectivity index (χ4v) is 4.32. The first kappa shape index (κ1) is 15.5. The molecule has 114 valence electrons. The third-order valence-corrected chi connectivity index (χ3v) is 5.26. The molecular formula is C14H25N3O2S. The number of aromatic nitrogens is 2. The predicted molar refractivity (Wildman–Crippen MR) is 79.4 cm³/mol. The first-order valence-corrected chi connectivity index (χ1v) is 8.85. The lowest BCUT2D eigenvalue weighted by Gasteiger charge is -2.25. The number of fused-ring (bicyclic) bond motifs is 1. The second kappa shape index (κ2) is 5.48.